The lowest BCUT2D eigenvalue weighted by Crippen LogP contribution is -2.68. The second-order valence-corrected chi connectivity index (χ2v) is 6.27. The highest BCUT2D eigenvalue weighted by Crippen LogP contribution is 2.69. The first-order valence-electron chi connectivity index (χ1n) is 7.43. The third-order valence-electron chi connectivity index (χ3n) is 4.58. The highest BCUT2D eigenvalue weighted by molar-refractivity contribution is 5.84. The van der Waals surface area contributed by atoms with Gasteiger partial charge >= 0.3 is 5.97 Å². The number of hydrogen-bond acceptors (Lipinski definition) is 4. The predicted molar refractivity (Wildman–Crippen MR) is 78.3 cm³/mol. The topological polar surface area (TPSA) is 48.4 Å². The minimum Gasteiger partial charge on any atom is -0.489 e. The van der Waals surface area contributed by atoms with Gasteiger partial charge < -0.3 is 9.47 Å². The van der Waals surface area contributed by atoms with Crippen LogP contribution in [-0.2, 0) is 9.53 Å². The van der Waals surface area contributed by atoms with Crippen LogP contribution in [0.1, 0.15) is 19.3 Å². The number of alkyl halides is 1. The van der Waals surface area contributed by atoms with Gasteiger partial charge in [0, 0.05) is 11.6 Å². The van der Waals surface area contributed by atoms with Crippen molar-refractivity contribution in [3.63, 3.8) is 0 Å². The molecule has 0 aliphatic heterocycles. The van der Waals surface area contributed by atoms with Gasteiger partial charge in [0.15, 0.2) is 0 Å². The number of rotatable bonds is 5. The fourth-order valence-electron chi connectivity index (χ4n) is 3.52. The molecule has 3 saturated carbocycles. The van der Waals surface area contributed by atoms with Crippen molar-refractivity contribution in [2.45, 2.75) is 24.9 Å². The number of carbonyl (C=O) groups excluding carboxylic acids is 1. The van der Waals surface area contributed by atoms with Gasteiger partial charge in [-0.05, 0) is 37.5 Å². The lowest BCUT2D eigenvalue weighted by molar-refractivity contribution is -0.232. The average molecular weight is 301 g/mol. The number of esters is 1. The number of fused-ring (bicyclic) bond motifs is 1. The van der Waals surface area contributed by atoms with Crippen LogP contribution in [0.2, 0.25) is 0 Å². The van der Waals surface area contributed by atoms with Crippen LogP contribution in [0.3, 0.4) is 0 Å². The van der Waals surface area contributed by atoms with Crippen molar-refractivity contribution in [1.29, 1.82) is 0 Å². The number of aromatic nitrogens is 1. The van der Waals surface area contributed by atoms with Crippen molar-refractivity contribution in [2.24, 2.45) is 5.41 Å². The van der Waals surface area contributed by atoms with Crippen LogP contribution in [0.15, 0.2) is 36.5 Å². The number of halogens is 1. The van der Waals surface area contributed by atoms with Crippen molar-refractivity contribution in [2.75, 3.05) is 13.2 Å². The van der Waals surface area contributed by atoms with E-state index < -0.39 is 11.1 Å². The van der Waals surface area contributed by atoms with Crippen molar-refractivity contribution in [3.8, 4) is 5.75 Å². The molecule has 2 aromatic rings. The first kappa shape index (κ1) is 13.5. The quantitative estimate of drug-likeness (QED) is 0.629. The lowest BCUT2D eigenvalue weighted by Gasteiger charge is -2.63. The van der Waals surface area contributed by atoms with Crippen LogP contribution in [0, 0.1) is 5.41 Å². The summed E-state index contributed by atoms with van der Waals surface area (Å²) in [6.07, 6.45) is 2.67. The molecule has 0 amide bonds. The average Bonchev–Trinajstić information content (AvgIpc) is 2.47. The maximum Gasteiger partial charge on any atom is 0.312 e. The molecule has 3 aliphatic rings. The van der Waals surface area contributed by atoms with Crippen LogP contribution in [0.25, 0.3) is 10.9 Å². The number of nitrogens with zero attached hydrogens (tertiary/aromatic N) is 1. The van der Waals surface area contributed by atoms with Gasteiger partial charge in [0.25, 0.3) is 0 Å². The van der Waals surface area contributed by atoms with E-state index in [1.54, 1.807) is 12.3 Å². The molecule has 0 spiro atoms. The maximum atomic E-state index is 13.4. The molecule has 1 heterocycles. The Kier molecular flexibility index (Phi) is 2.86. The van der Waals surface area contributed by atoms with Crippen LogP contribution in [0.4, 0.5) is 4.39 Å². The van der Waals surface area contributed by atoms with Crippen molar-refractivity contribution < 1.29 is 18.7 Å². The third-order valence-corrected chi connectivity index (χ3v) is 4.58. The molecule has 0 N–H and O–H groups in total. The Morgan fingerprint density at radius 1 is 1.18 bits per heavy atom. The van der Waals surface area contributed by atoms with Gasteiger partial charge in [-0.25, -0.2) is 4.39 Å². The summed E-state index contributed by atoms with van der Waals surface area (Å²) in [4.78, 5) is 16.2. The minimum atomic E-state index is -1.08. The minimum absolute atomic E-state index is 0.177. The second-order valence-electron chi connectivity index (χ2n) is 6.27. The summed E-state index contributed by atoms with van der Waals surface area (Å²) in [6, 6.07) is 9.48. The van der Waals surface area contributed by atoms with Crippen molar-refractivity contribution >= 4 is 16.9 Å². The standard InChI is InChI=1S/C17H16FNO3/c18-17-9-16(10-17,11-17)15(20)22-8-7-21-14-5-6-19-13-4-2-1-3-12(13)14/h1-6H,7-11H2. The molecule has 3 fully saturated rings. The van der Waals surface area contributed by atoms with E-state index in [2.05, 4.69) is 4.98 Å². The van der Waals surface area contributed by atoms with E-state index in [0.29, 0.717) is 19.3 Å². The molecular weight excluding hydrogens is 285 g/mol. The monoisotopic (exact) mass is 301 g/mol. The fourth-order valence-corrected chi connectivity index (χ4v) is 3.52. The molecule has 1 aromatic heterocycles. The third kappa shape index (κ3) is 2.03. The van der Waals surface area contributed by atoms with Gasteiger partial charge in [0.1, 0.15) is 24.6 Å². The second kappa shape index (κ2) is 4.66. The molecule has 22 heavy (non-hydrogen) atoms. The first-order valence-corrected chi connectivity index (χ1v) is 7.43. The largest absolute Gasteiger partial charge is 0.489 e. The predicted octanol–water partition coefficient (Wildman–Crippen LogP) is 3.05. The Labute approximate surface area is 127 Å². The zero-order chi connectivity index (χ0) is 15.2. The molecule has 3 aliphatic carbocycles. The summed E-state index contributed by atoms with van der Waals surface area (Å²) < 4.78 is 24.3. The van der Waals surface area contributed by atoms with Gasteiger partial charge in [-0.2, -0.15) is 0 Å². The normalized spacial score (nSPS) is 28.6. The Hall–Kier alpha value is -2.17. The first-order chi connectivity index (χ1) is 10.6. The van der Waals surface area contributed by atoms with Crippen molar-refractivity contribution in [1.82, 2.24) is 4.98 Å². The Balaban J connectivity index is 1.31. The summed E-state index contributed by atoms with van der Waals surface area (Å²) in [5.41, 5.74) is -0.747. The molecule has 0 saturated heterocycles. The molecule has 114 valence electrons. The summed E-state index contributed by atoms with van der Waals surface area (Å²) in [5.74, 6) is 0.435. The van der Waals surface area contributed by atoms with Gasteiger partial charge in [-0.3, -0.25) is 9.78 Å². The van der Waals surface area contributed by atoms with E-state index in [-0.39, 0.29) is 19.2 Å². The summed E-state index contributed by atoms with van der Waals surface area (Å²) >= 11 is 0. The number of carbonyl (C=O) groups is 1. The van der Waals surface area contributed by atoms with E-state index in [1.165, 1.54) is 0 Å². The molecular formula is C17H16FNO3. The fraction of sp³-hybridized carbons (Fsp3) is 0.412. The molecule has 5 rings (SSSR count). The van der Waals surface area contributed by atoms with Gasteiger partial charge in [-0.1, -0.05) is 12.1 Å². The molecule has 0 radical (unpaired) electrons. The molecule has 2 bridgehead atoms. The molecule has 0 atom stereocenters. The highest BCUT2D eigenvalue weighted by atomic mass is 19.1. The van der Waals surface area contributed by atoms with Gasteiger partial charge in [0.2, 0.25) is 0 Å². The van der Waals surface area contributed by atoms with E-state index in [4.69, 9.17) is 9.47 Å². The summed E-state index contributed by atoms with van der Waals surface area (Å²) in [5, 5.41) is 0.926. The summed E-state index contributed by atoms with van der Waals surface area (Å²) in [6.45, 7) is 0.452. The van der Waals surface area contributed by atoms with E-state index in [1.807, 2.05) is 24.3 Å². The Bertz CT molecular complexity index is 720. The molecule has 4 nitrogen and oxygen atoms in total. The number of benzene rings is 1. The molecule has 1 aromatic carbocycles. The Morgan fingerprint density at radius 2 is 1.95 bits per heavy atom. The zero-order valence-electron chi connectivity index (χ0n) is 12.0. The zero-order valence-corrected chi connectivity index (χ0v) is 12.0. The van der Waals surface area contributed by atoms with E-state index in [0.717, 1.165) is 16.7 Å². The number of para-hydroxylation sites is 1. The lowest BCUT2D eigenvalue weighted by atomic mass is 9.42. The van der Waals surface area contributed by atoms with Gasteiger partial charge in [0.05, 0.1) is 10.9 Å². The van der Waals surface area contributed by atoms with E-state index in [9.17, 15) is 9.18 Å². The SMILES string of the molecule is O=C(OCCOc1ccnc2ccccc12)C12CC(F)(C1)C2. The van der Waals surface area contributed by atoms with Crippen LogP contribution in [0.5, 0.6) is 5.75 Å². The molecule has 5 heteroatoms. The van der Waals surface area contributed by atoms with Crippen LogP contribution < -0.4 is 4.74 Å². The number of hydrogen-bond donors (Lipinski definition) is 0. The van der Waals surface area contributed by atoms with Crippen LogP contribution >= 0.6 is 0 Å². The van der Waals surface area contributed by atoms with E-state index >= 15 is 0 Å². The summed E-state index contributed by atoms with van der Waals surface area (Å²) in [7, 11) is 0. The smallest absolute Gasteiger partial charge is 0.312 e. The van der Waals surface area contributed by atoms with Crippen LogP contribution in [-0.4, -0.2) is 29.8 Å². The highest BCUT2D eigenvalue weighted by Gasteiger charge is 2.73. The number of pyridine rings is 1. The number of ether oxygens (including phenoxy) is 2. The molecule has 0 unspecified atom stereocenters. The van der Waals surface area contributed by atoms with Gasteiger partial charge in [-0.15, -0.1) is 0 Å². The maximum absolute atomic E-state index is 13.4. The van der Waals surface area contributed by atoms with Crippen molar-refractivity contribution in [3.05, 3.63) is 36.5 Å². The Morgan fingerprint density at radius 3 is 2.73 bits per heavy atom.